The Morgan fingerprint density at radius 3 is 1.67 bits per heavy atom. The predicted molar refractivity (Wildman–Crippen MR) is 128 cm³/mol. The van der Waals surface area contributed by atoms with E-state index in [-0.39, 0.29) is 6.10 Å². The third-order valence-electron chi connectivity index (χ3n) is 5.34. The van der Waals surface area contributed by atoms with Crippen molar-refractivity contribution in [3.8, 4) is 0 Å². The molecule has 0 saturated carbocycles. The van der Waals surface area contributed by atoms with Gasteiger partial charge in [0.2, 0.25) is 0 Å². The fourth-order valence-corrected chi connectivity index (χ4v) is 3.85. The molecule has 154 valence electrons. The van der Waals surface area contributed by atoms with Crippen molar-refractivity contribution in [2.24, 2.45) is 0 Å². The maximum atomic E-state index is 7.06. The van der Waals surface area contributed by atoms with E-state index in [1.165, 1.54) is 12.8 Å². The largest absolute Gasteiger partial charge is 0.353 e. The molecule has 0 aliphatic heterocycles. The molecule has 0 spiro atoms. The van der Waals surface area contributed by atoms with Crippen molar-refractivity contribution < 1.29 is 4.74 Å². The van der Waals surface area contributed by atoms with Crippen LogP contribution in [0.3, 0.4) is 0 Å². The van der Waals surface area contributed by atoms with Crippen LogP contribution in [0, 0.1) is 0 Å². The van der Waals surface area contributed by atoms with Gasteiger partial charge in [-0.15, -0.1) is 6.58 Å². The summed E-state index contributed by atoms with van der Waals surface area (Å²) in [5.41, 5.74) is 2.67. The molecule has 1 unspecified atom stereocenters. The van der Waals surface area contributed by atoms with Crippen LogP contribution < -0.4 is 0 Å². The molecule has 3 aromatic carbocycles. The molecule has 1 atom stereocenters. The van der Waals surface area contributed by atoms with Gasteiger partial charge in [-0.3, -0.25) is 0 Å². The van der Waals surface area contributed by atoms with E-state index in [1.54, 1.807) is 0 Å². The summed E-state index contributed by atoms with van der Waals surface area (Å²) in [7, 11) is 0. The predicted octanol–water partition coefficient (Wildman–Crippen LogP) is 7.69. The average Bonchev–Trinajstić information content (AvgIpc) is 2.82. The normalized spacial score (nSPS) is 12.7. The molecule has 0 saturated heterocycles. The van der Waals surface area contributed by atoms with Crippen LogP contribution in [0.4, 0.5) is 0 Å². The fourth-order valence-electron chi connectivity index (χ4n) is 3.85. The first kappa shape index (κ1) is 21.8. The summed E-state index contributed by atoms with van der Waals surface area (Å²) in [5, 5.41) is 0. The zero-order chi connectivity index (χ0) is 21.1. The lowest BCUT2D eigenvalue weighted by Gasteiger charge is -2.38. The second-order valence-electron chi connectivity index (χ2n) is 7.53. The van der Waals surface area contributed by atoms with Crippen molar-refractivity contribution >= 4 is 0 Å². The van der Waals surface area contributed by atoms with Crippen LogP contribution in [0.1, 0.15) is 49.3 Å². The average molecular weight is 397 g/mol. The van der Waals surface area contributed by atoms with Gasteiger partial charge in [-0.1, -0.05) is 129 Å². The van der Waals surface area contributed by atoms with Crippen molar-refractivity contribution in [1.82, 2.24) is 0 Å². The molecule has 0 amide bonds. The highest BCUT2D eigenvalue weighted by molar-refractivity contribution is 5.47. The number of hydrogen-bond donors (Lipinski definition) is 0. The summed E-state index contributed by atoms with van der Waals surface area (Å²) in [6.07, 6.45) is 10.6. The molecule has 0 aliphatic rings. The van der Waals surface area contributed by atoms with Crippen molar-refractivity contribution in [3.05, 3.63) is 132 Å². The van der Waals surface area contributed by atoms with E-state index < -0.39 is 5.60 Å². The van der Waals surface area contributed by atoms with Gasteiger partial charge in [-0.25, -0.2) is 0 Å². The minimum atomic E-state index is -0.702. The smallest absolute Gasteiger partial charge is 0.144 e. The van der Waals surface area contributed by atoms with Crippen LogP contribution in [-0.2, 0) is 10.3 Å². The Kier molecular flexibility index (Phi) is 8.23. The summed E-state index contributed by atoms with van der Waals surface area (Å²) >= 11 is 0. The summed E-state index contributed by atoms with van der Waals surface area (Å²) in [6.45, 7) is 6.20. The van der Waals surface area contributed by atoms with E-state index in [4.69, 9.17) is 4.74 Å². The van der Waals surface area contributed by atoms with E-state index >= 15 is 0 Å². The quantitative estimate of drug-likeness (QED) is 0.183. The van der Waals surface area contributed by atoms with Gasteiger partial charge in [0, 0.05) is 0 Å². The summed E-state index contributed by atoms with van der Waals surface area (Å²) in [6, 6.07) is 31.6. The second kappa shape index (κ2) is 11.3. The lowest BCUT2D eigenvalue weighted by atomic mass is 9.80. The minimum absolute atomic E-state index is 0.0695. The number of allylic oxidation sites excluding steroid dienone is 1. The minimum Gasteiger partial charge on any atom is -0.353 e. The molecule has 0 aliphatic carbocycles. The second-order valence-corrected chi connectivity index (χ2v) is 7.53. The van der Waals surface area contributed by atoms with Gasteiger partial charge in [0.05, 0.1) is 6.10 Å². The molecule has 0 heterocycles. The number of hydrogen-bond acceptors (Lipinski definition) is 1. The van der Waals surface area contributed by atoms with Crippen LogP contribution in [0.25, 0.3) is 0 Å². The first-order chi connectivity index (χ1) is 14.8. The Bertz CT molecular complexity index is 800. The van der Waals surface area contributed by atoms with Gasteiger partial charge in [0.1, 0.15) is 5.60 Å². The van der Waals surface area contributed by atoms with E-state index in [0.717, 1.165) is 29.5 Å². The van der Waals surface area contributed by atoms with Crippen LogP contribution in [0.15, 0.2) is 116 Å². The van der Waals surface area contributed by atoms with Gasteiger partial charge in [0.25, 0.3) is 0 Å². The highest BCUT2D eigenvalue weighted by Gasteiger charge is 2.39. The molecule has 0 radical (unpaired) electrons. The molecule has 1 nitrogen and oxygen atoms in total. The van der Waals surface area contributed by atoms with Crippen molar-refractivity contribution in [2.45, 2.75) is 44.3 Å². The number of ether oxygens (including phenoxy) is 1. The van der Waals surface area contributed by atoms with Gasteiger partial charge >= 0.3 is 0 Å². The van der Waals surface area contributed by atoms with Crippen LogP contribution in [0.5, 0.6) is 0 Å². The summed E-state index contributed by atoms with van der Waals surface area (Å²) in [4.78, 5) is 0. The Balaban J connectivity index is 2.15. The molecule has 0 aromatic heterocycles. The Hall–Kier alpha value is -2.90. The Morgan fingerprint density at radius 1 is 0.800 bits per heavy atom. The van der Waals surface area contributed by atoms with Gasteiger partial charge < -0.3 is 4.74 Å². The molecule has 0 bridgehead atoms. The molecular weight excluding hydrogens is 364 g/mol. The van der Waals surface area contributed by atoms with Crippen LogP contribution in [-0.4, -0.2) is 6.10 Å². The highest BCUT2D eigenvalue weighted by atomic mass is 16.5. The third kappa shape index (κ3) is 5.17. The van der Waals surface area contributed by atoms with Crippen LogP contribution in [0.2, 0.25) is 0 Å². The number of unbranched alkanes of at least 4 members (excludes halogenated alkanes) is 2. The third-order valence-corrected chi connectivity index (χ3v) is 5.34. The zero-order valence-corrected chi connectivity index (χ0v) is 17.9. The molecule has 3 rings (SSSR count). The number of rotatable bonds is 11. The monoisotopic (exact) mass is 396 g/mol. The molecule has 1 heteroatoms. The van der Waals surface area contributed by atoms with E-state index in [0.29, 0.717) is 0 Å². The molecule has 30 heavy (non-hydrogen) atoms. The lowest BCUT2D eigenvalue weighted by Crippen LogP contribution is -2.36. The van der Waals surface area contributed by atoms with Gasteiger partial charge in [0.15, 0.2) is 0 Å². The lowest BCUT2D eigenvalue weighted by molar-refractivity contribution is -0.0229. The summed E-state index contributed by atoms with van der Waals surface area (Å²) in [5.74, 6) is 0. The standard InChI is InChI=1S/C29H32O/c1-3-5-6-16-24-28(17-4-2)30-29(25-18-10-7-11-19-25,26-20-12-8-13-21-26)27-22-14-9-15-23-27/h4,7-16,18-24,28H,2-3,5-6,17H2,1H3/b24-16+. The maximum Gasteiger partial charge on any atom is 0.144 e. The SMILES string of the molecule is C=CCC(/C=C/CCCC)OC(c1ccccc1)(c1ccccc1)c1ccccc1. The Morgan fingerprint density at radius 2 is 1.27 bits per heavy atom. The fraction of sp³-hybridized carbons (Fsp3) is 0.241. The van der Waals surface area contributed by atoms with Crippen molar-refractivity contribution in [1.29, 1.82) is 0 Å². The van der Waals surface area contributed by atoms with Crippen LogP contribution >= 0.6 is 0 Å². The molecule has 0 N–H and O–H groups in total. The molecule has 3 aromatic rings. The Labute approximate surface area is 181 Å². The van der Waals surface area contributed by atoms with Gasteiger partial charge in [-0.05, 0) is 29.5 Å². The highest BCUT2D eigenvalue weighted by Crippen LogP contribution is 2.41. The maximum absolute atomic E-state index is 7.06. The molecular formula is C29H32O. The van der Waals surface area contributed by atoms with Crippen molar-refractivity contribution in [3.63, 3.8) is 0 Å². The topological polar surface area (TPSA) is 9.23 Å². The van der Waals surface area contributed by atoms with Gasteiger partial charge in [-0.2, -0.15) is 0 Å². The van der Waals surface area contributed by atoms with Crippen molar-refractivity contribution in [2.75, 3.05) is 0 Å². The summed E-state index contributed by atoms with van der Waals surface area (Å²) < 4.78 is 7.06. The number of benzene rings is 3. The molecule has 0 fully saturated rings. The van der Waals surface area contributed by atoms with E-state index in [1.807, 2.05) is 6.08 Å². The first-order valence-corrected chi connectivity index (χ1v) is 10.9. The first-order valence-electron chi connectivity index (χ1n) is 10.9. The van der Waals surface area contributed by atoms with E-state index in [9.17, 15) is 0 Å². The zero-order valence-electron chi connectivity index (χ0n) is 17.9. The van der Waals surface area contributed by atoms with E-state index in [2.05, 4.69) is 117 Å².